The Labute approximate surface area is 156 Å². The fraction of sp³-hybridized carbons (Fsp3) is 0.909. The van der Waals surface area contributed by atoms with Crippen LogP contribution in [-0.2, 0) is 9.47 Å². The Hall–Kier alpha value is -0.380. The Balaban J connectivity index is 1.73. The highest BCUT2D eigenvalue weighted by Crippen LogP contribution is 2.21. The molecule has 1 saturated heterocycles. The quantitative estimate of drug-likeness (QED) is 0.250. The third-order valence-electron chi connectivity index (χ3n) is 5.08. The van der Waals surface area contributed by atoms with Gasteiger partial charge in [-0.2, -0.15) is 0 Å². The number of hydrogen-bond donors (Lipinski definition) is 1. The van der Waals surface area contributed by atoms with Gasteiger partial charge in [0.15, 0.2) is 0 Å². The van der Waals surface area contributed by atoms with E-state index in [0.717, 1.165) is 13.0 Å². The van der Waals surface area contributed by atoms with Crippen molar-refractivity contribution in [1.82, 2.24) is 0 Å². The van der Waals surface area contributed by atoms with E-state index >= 15 is 0 Å². The molecule has 3 nitrogen and oxygen atoms in total. The number of allylic oxidation sites excluding steroid dienone is 2. The first kappa shape index (κ1) is 22.7. The van der Waals surface area contributed by atoms with Gasteiger partial charge in [0.1, 0.15) is 5.60 Å². The molecular formula is C22H42O3. The number of aliphatic hydroxyl groups excluding tert-OH is 1. The second kappa shape index (κ2) is 15.8. The predicted molar refractivity (Wildman–Crippen MR) is 106 cm³/mol. The minimum atomic E-state index is -0.373. The minimum absolute atomic E-state index is 0.0827. The molecular weight excluding hydrogens is 312 g/mol. The predicted octanol–water partition coefficient (Wildman–Crippen LogP) is 5.80. The molecule has 1 heterocycles. The van der Waals surface area contributed by atoms with Gasteiger partial charge >= 0.3 is 0 Å². The number of hydrogen-bond acceptors (Lipinski definition) is 3. The maximum absolute atomic E-state index is 9.26. The fourth-order valence-corrected chi connectivity index (χ4v) is 3.19. The van der Waals surface area contributed by atoms with Crippen LogP contribution in [0, 0.1) is 0 Å². The highest BCUT2D eigenvalue weighted by atomic mass is 16.6. The van der Waals surface area contributed by atoms with Crippen molar-refractivity contribution in [2.24, 2.45) is 0 Å². The van der Waals surface area contributed by atoms with Crippen LogP contribution >= 0.6 is 0 Å². The highest BCUT2D eigenvalue weighted by molar-refractivity contribution is 4.86. The van der Waals surface area contributed by atoms with Crippen LogP contribution < -0.4 is 0 Å². The SMILES string of the molecule is CCCCCCCC/C=C\CCCCCCCCOC1(CO)COC1. The van der Waals surface area contributed by atoms with Crippen LogP contribution in [0.15, 0.2) is 12.2 Å². The molecule has 1 aliphatic rings. The summed E-state index contributed by atoms with van der Waals surface area (Å²) in [6.45, 7) is 4.21. The summed E-state index contributed by atoms with van der Waals surface area (Å²) in [5.41, 5.74) is -0.373. The van der Waals surface area contributed by atoms with Crippen LogP contribution in [0.1, 0.15) is 96.8 Å². The molecule has 0 aromatic heterocycles. The summed E-state index contributed by atoms with van der Waals surface area (Å²) in [6, 6.07) is 0. The third-order valence-corrected chi connectivity index (χ3v) is 5.08. The van der Waals surface area contributed by atoms with E-state index in [0.29, 0.717) is 13.2 Å². The lowest BCUT2D eigenvalue weighted by Crippen LogP contribution is -2.54. The maximum atomic E-state index is 9.26. The lowest BCUT2D eigenvalue weighted by Gasteiger charge is -2.39. The van der Waals surface area contributed by atoms with Crippen molar-refractivity contribution in [1.29, 1.82) is 0 Å². The van der Waals surface area contributed by atoms with E-state index in [1.165, 1.54) is 83.5 Å². The summed E-state index contributed by atoms with van der Waals surface area (Å²) in [5, 5.41) is 9.26. The molecule has 1 N–H and O–H groups in total. The number of unbranched alkanes of at least 4 members (excludes halogenated alkanes) is 12. The van der Waals surface area contributed by atoms with Crippen LogP contribution in [0.5, 0.6) is 0 Å². The molecule has 3 heteroatoms. The Kier molecular flexibility index (Phi) is 14.4. The van der Waals surface area contributed by atoms with Crippen molar-refractivity contribution in [3.63, 3.8) is 0 Å². The highest BCUT2D eigenvalue weighted by Gasteiger charge is 2.38. The normalized spacial score (nSPS) is 16.4. The van der Waals surface area contributed by atoms with Gasteiger partial charge in [0.25, 0.3) is 0 Å². The topological polar surface area (TPSA) is 38.7 Å². The molecule has 0 saturated carbocycles. The second-order valence-electron chi connectivity index (χ2n) is 7.62. The zero-order valence-electron chi connectivity index (χ0n) is 16.6. The van der Waals surface area contributed by atoms with Crippen LogP contribution in [0.3, 0.4) is 0 Å². The average molecular weight is 355 g/mol. The van der Waals surface area contributed by atoms with Gasteiger partial charge in [0.2, 0.25) is 0 Å². The third kappa shape index (κ3) is 11.8. The number of aliphatic hydroxyl groups is 1. The van der Waals surface area contributed by atoms with Gasteiger partial charge in [-0.3, -0.25) is 0 Å². The molecule has 0 bridgehead atoms. The molecule has 25 heavy (non-hydrogen) atoms. The molecule has 0 unspecified atom stereocenters. The van der Waals surface area contributed by atoms with Crippen molar-refractivity contribution in [3.8, 4) is 0 Å². The molecule has 0 spiro atoms. The van der Waals surface area contributed by atoms with E-state index in [9.17, 15) is 5.11 Å². The molecule has 1 aliphatic heterocycles. The maximum Gasteiger partial charge on any atom is 0.137 e. The summed E-state index contributed by atoms with van der Waals surface area (Å²) in [7, 11) is 0. The molecule has 0 aromatic carbocycles. The van der Waals surface area contributed by atoms with E-state index in [1.807, 2.05) is 0 Å². The van der Waals surface area contributed by atoms with Gasteiger partial charge in [0, 0.05) is 6.61 Å². The molecule has 148 valence electrons. The first-order chi connectivity index (χ1) is 12.3. The van der Waals surface area contributed by atoms with E-state index in [4.69, 9.17) is 9.47 Å². The Morgan fingerprint density at radius 1 is 0.800 bits per heavy atom. The monoisotopic (exact) mass is 354 g/mol. The standard InChI is InChI=1S/C22H42O3/c1-2-3-4-5-6-7-8-9-10-11-12-13-14-15-16-17-18-25-22(19-23)20-24-21-22/h9-10,23H,2-8,11-21H2,1H3/b10-9-. The van der Waals surface area contributed by atoms with Gasteiger partial charge in [-0.05, 0) is 32.1 Å². The average Bonchev–Trinajstić information content (AvgIpc) is 2.59. The lowest BCUT2D eigenvalue weighted by atomic mass is 10.0. The molecule has 0 aromatic rings. The van der Waals surface area contributed by atoms with Crippen LogP contribution in [0.2, 0.25) is 0 Å². The fourth-order valence-electron chi connectivity index (χ4n) is 3.19. The minimum Gasteiger partial charge on any atom is -0.393 e. The Morgan fingerprint density at radius 2 is 1.32 bits per heavy atom. The van der Waals surface area contributed by atoms with Crippen LogP contribution in [0.25, 0.3) is 0 Å². The van der Waals surface area contributed by atoms with Crippen molar-refractivity contribution >= 4 is 0 Å². The van der Waals surface area contributed by atoms with Crippen LogP contribution in [-0.4, -0.2) is 37.1 Å². The zero-order chi connectivity index (χ0) is 18.1. The Morgan fingerprint density at radius 3 is 1.80 bits per heavy atom. The van der Waals surface area contributed by atoms with Crippen molar-refractivity contribution in [3.05, 3.63) is 12.2 Å². The summed E-state index contributed by atoms with van der Waals surface area (Å²) < 4.78 is 10.9. The molecule has 0 amide bonds. The van der Waals surface area contributed by atoms with Crippen molar-refractivity contribution in [2.45, 2.75) is 102 Å². The first-order valence-electron chi connectivity index (χ1n) is 10.8. The molecule has 0 aliphatic carbocycles. The van der Waals surface area contributed by atoms with E-state index in [1.54, 1.807) is 0 Å². The summed E-state index contributed by atoms with van der Waals surface area (Å²) in [5.74, 6) is 0. The van der Waals surface area contributed by atoms with Gasteiger partial charge in [-0.1, -0.05) is 76.9 Å². The van der Waals surface area contributed by atoms with Gasteiger partial charge < -0.3 is 14.6 Å². The zero-order valence-corrected chi connectivity index (χ0v) is 16.6. The number of rotatable bonds is 18. The van der Waals surface area contributed by atoms with E-state index in [2.05, 4.69) is 19.1 Å². The van der Waals surface area contributed by atoms with Crippen molar-refractivity contribution < 1.29 is 14.6 Å². The van der Waals surface area contributed by atoms with Gasteiger partial charge in [-0.25, -0.2) is 0 Å². The molecule has 0 atom stereocenters. The molecule has 0 radical (unpaired) electrons. The summed E-state index contributed by atoms with van der Waals surface area (Å²) in [6.07, 6.45) is 23.3. The lowest BCUT2D eigenvalue weighted by molar-refractivity contribution is -0.225. The van der Waals surface area contributed by atoms with Gasteiger partial charge in [0.05, 0.1) is 19.8 Å². The summed E-state index contributed by atoms with van der Waals surface area (Å²) >= 11 is 0. The molecule has 1 rings (SSSR count). The van der Waals surface area contributed by atoms with E-state index in [-0.39, 0.29) is 12.2 Å². The second-order valence-corrected chi connectivity index (χ2v) is 7.62. The molecule has 1 fully saturated rings. The smallest absolute Gasteiger partial charge is 0.137 e. The first-order valence-corrected chi connectivity index (χ1v) is 10.8. The van der Waals surface area contributed by atoms with E-state index < -0.39 is 0 Å². The van der Waals surface area contributed by atoms with Gasteiger partial charge in [-0.15, -0.1) is 0 Å². The summed E-state index contributed by atoms with van der Waals surface area (Å²) in [4.78, 5) is 0. The van der Waals surface area contributed by atoms with Crippen LogP contribution in [0.4, 0.5) is 0 Å². The largest absolute Gasteiger partial charge is 0.393 e. The number of ether oxygens (including phenoxy) is 2. The van der Waals surface area contributed by atoms with Crippen molar-refractivity contribution in [2.75, 3.05) is 26.4 Å². The Bertz CT molecular complexity index is 305.